The van der Waals surface area contributed by atoms with Crippen molar-refractivity contribution >= 4 is 5.65 Å². The third-order valence-corrected chi connectivity index (χ3v) is 5.50. The number of rotatable bonds is 6. The van der Waals surface area contributed by atoms with Gasteiger partial charge in [0.05, 0.1) is 6.61 Å². The molecule has 0 amide bonds. The molecule has 4 aromatic rings. The standard InChI is InChI=1S/C24H25N3O2/c1-2-28-20-13-11-18(12-14-20)22-16-27-24-21(22)10-6-7-15-26(24)23(25-27)17-29-19-8-4-3-5-9-19/h3-5,8-9,11-14,16H,2,6-7,10,15,17H2,1H3. The lowest BCUT2D eigenvalue weighted by Crippen LogP contribution is -2.07. The average Bonchev–Trinajstić information content (AvgIpc) is 3.17. The van der Waals surface area contributed by atoms with E-state index in [0.717, 1.165) is 36.7 Å². The Morgan fingerprint density at radius 3 is 2.52 bits per heavy atom. The van der Waals surface area contributed by atoms with Gasteiger partial charge in [-0.05, 0) is 56.0 Å². The first kappa shape index (κ1) is 17.9. The van der Waals surface area contributed by atoms with Crippen molar-refractivity contribution in [3.05, 3.63) is 72.2 Å². The second-order valence-electron chi connectivity index (χ2n) is 7.37. The molecule has 3 heterocycles. The number of hydrogen-bond donors (Lipinski definition) is 0. The first-order valence-electron chi connectivity index (χ1n) is 10.3. The van der Waals surface area contributed by atoms with Crippen molar-refractivity contribution in [2.24, 2.45) is 0 Å². The van der Waals surface area contributed by atoms with Gasteiger partial charge in [0.1, 0.15) is 23.8 Å². The molecular weight excluding hydrogens is 362 g/mol. The van der Waals surface area contributed by atoms with E-state index in [2.05, 4.69) is 22.9 Å². The summed E-state index contributed by atoms with van der Waals surface area (Å²) < 4.78 is 15.9. The number of ether oxygens (including phenoxy) is 2. The molecule has 5 rings (SSSR count). The van der Waals surface area contributed by atoms with Gasteiger partial charge in [-0.3, -0.25) is 0 Å². The Labute approximate surface area is 170 Å². The zero-order valence-corrected chi connectivity index (χ0v) is 16.7. The van der Waals surface area contributed by atoms with Gasteiger partial charge in [-0.25, -0.2) is 4.52 Å². The minimum Gasteiger partial charge on any atom is -0.494 e. The topological polar surface area (TPSA) is 40.7 Å². The van der Waals surface area contributed by atoms with Gasteiger partial charge in [0.15, 0.2) is 5.82 Å². The number of aryl methyl sites for hydroxylation is 2. The van der Waals surface area contributed by atoms with Crippen molar-refractivity contribution in [3.63, 3.8) is 0 Å². The van der Waals surface area contributed by atoms with Crippen LogP contribution in [-0.4, -0.2) is 20.8 Å². The fraction of sp³-hybridized carbons (Fsp3) is 0.292. The molecule has 0 bridgehead atoms. The molecule has 0 saturated heterocycles. The van der Waals surface area contributed by atoms with E-state index in [9.17, 15) is 0 Å². The number of benzene rings is 2. The lowest BCUT2D eigenvalue weighted by Gasteiger charge is -2.08. The van der Waals surface area contributed by atoms with Gasteiger partial charge in [-0.1, -0.05) is 30.3 Å². The largest absolute Gasteiger partial charge is 0.494 e. The molecule has 2 aromatic carbocycles. The first-order valence-corrected chi connectivity index (χ1v) is 10.3. The van der Waals surface area contributed by atoms with Crippen LogP contribution in [0, 0.1) is 0 Å². The van der Waals surface area contributed by atoms with Crippen LogP contribution in [0.1, 0.15) is 31.2 Å². The zero-order chi connectivity index (χ0) is 19.6. The Kier molecular flexibility index (Phi) is 4.72. The van der Waals surface area contributed by atoms with Crippen molar-refractivity contribution < 1.29 is 9.47 Å². The molecule has 1 aliphatic rings. The van der Waals surface area contributed by atoms with Gasteiger partial charge in [-0.2, -0.15) is 0 Å². The molecule has 0 spiro atoms. The zero-order valence-electron chi connectivity index (χ0n) is 16.7. The van der Waals surface area contributed by atoms with Crippen LogP contribution in [0.4, 0.5) is 0 Å². The summed E-state index contributed by atoms with van der Waals surface area (Å²) in [4.78, 5) is 0. The van der Waals surface area contributed by atoms with E-state index >= 15 is 0 Å². The average molecular weight is 387 g/mol. The predicted octanol–water partition coefficient (Wildman–Crippen LogP) is 5.12. The van der Waals surface area contributed by atoms with Gasteiger partial charge in [-0.15, -0.1) is 5.10 Å². The Hall–Kier alpha value is -3.21. The fourth-order valence-electron chi connectivity index (χ4n) is 4.15. The highest BCUT2D eigenvalue weighted by Crippen LogP contribution is 2.33. The van der Waals surface area contributed by atoms with Crippen molar-refractivity contribution in [3.8, 4) is 22.6 Å². The Morgan fingerprint density at radius 2 is 1.72 bits per heavy atom. The highest BCUT2D eigenvalue weighted by Gasteiger charge is 2.22. The van der Waals surface area contributed by atoms with Crippen LogP contribution in [0.15, 0.2) is 60.8 Å². The van der Waals surface area contributed by atoms with E-state index in [1.807, 2.05) is 53.9 Å². The number of aromatic nitrogens is 3. The van der Waals surface area contributed by atoms with E-state index in [-0.39, 0.29) is 0 Å². The van der Waals surface area contributed by atoms with Crippen molar-refractivity contribution in [1.29, 1.82) is 0 Å². The van der Waals surface area contributed by atoms with Crippen LogP contribution in [0.2, 0.25) is 0 Å². The molecule has 1 aliphatic heterocycles. The molecule has 5 heteroatoms. The molecule has 5 nitrogen and oxygen atoms in total. The second-order valence-corrected chi connectivity index (χ2v) is 7.37. The molecule has 0 fully saturated rings. The summed E-state index contributed by atoms with van der Waals surface area (Å²) in [5.74, 6) is 2.76. The van der Waals surface area contributed by atoms with Gasteiger partial charge in [0.25, 0.3) is 0 Å². The highest BCUT2D eigenvalue weighted by atomic mass is 16.5. The minimum atomic E-state index is 0.476. The smallest absolute Gasteiger partial charge is 0.169 e. The van der Waals surface area contributed by atoms with E-state index in [0.29, 0.717) is 13.2 Å². The van der Waals surface area contributed by atoms with Crippen LogP contribution >= 0.6 is 0 Å². The number of para-hydroxylation sites is 1. The summed E-state index contributed by atoms with van der Waals surface area (Å²) in [6.07, 6.45) is 5.57. The van der Waals surface area contributed by atoms with Crippen LogP contribution in [-0.2, 0) is 19.6 Å². The highest BCUT2D eigenvalue weighted by molar-refractivity contribution is 5.75. The monoisotopic (exact) mass is 387 g/mol. The van der Waals surface area contributed by atoms with Crippen molar-refractivity contribution in [2.75, 3.05) is 6.61 Å². The van der Waals surface area contributed by atoms with E-state index in [1.165, 1.54) is 28.8 Å². The normalized spacial score (nSPS) is 13.4. The van der Waals surface area contributed by atoms with E-state index in [4.69, 9.17) is 14.6 Å². The molecule has 0 aliphatic carbocycles. The molecule has 148 valence electrons. The lowest BCUT2D eigenvalue weighted by molar-refractivity contribution is 0.288. The molecule has 0 unspecified atom stereocenters. The number of hydrogen-bond acceptors (Lipinski definition) is 3. The molecule has 0 atom stereocenters. The lowest BCUT2D eigenvalue weighted by atomic mass is 10.0. The van der Waals surface area contributed by atoms with E-state index < -0.39 is 0 Å². The van der Waals surface area contributed by atoms with Gasteiger partial charge >= 0.3 is 0 Å². The Morgan fingerprint density at radius 1 is 0.931 bits per heavy atom. The molecule has 0 saturated carbocycles. The Balaban J connectivity index is 1.50. The van der Waals surface area contributed by atoms with Crippen LogP contribution in [0.5, 0.6) is 11.5 Å². The summed E-state index contributed by atoms with van der Waals surface area (Å²) in [7, 11) is 0. The maximum Gasteiger partial charge on any atom is 0.169 e. The summed E-state index contributed by atoms with van der Waals surface area (Å²) in [5.41, 5.74) is 5.06. The van der Waals surface area contributed by atoms with Gasteiger partial charge in [0, 0.05) is 23.9 Å². The van der Waals surface area contributed by atoms with Crippen LogP contribution in [0.25, 0.3) is 16.8 Å². The fourth-order valence-corrected chi connectivity index (χ4v) is 4.15. The molecule has 2 aromatic heterocycles. The third kappa shape index (κ3) is 3.37. The maximum atomic E-state index is 5.98. The molecule has 0 N–H and O–H groups in total. The second kappa shape index (κ2) is 7.66. The SMILES string of the molecule is CCOc1ccc(-c2cn3nc(COc4ccccc4)n4c3c2CCCC4)cc1. The summed E-state index contributed by atoms with van der Waals surface area (Å²) in [5, 5.41) is 4.86. The third-order valence-electron chi connectivity index (χ3n) is 5.50. The quantitative estimate of drug-likeness (QED) is 0.461. The Bertz CT molecular complexity index is 1110. The van der Waals surface area contributed by atoms with Crippen molar-refractivity contribution in [2.45, 2.75) is 39.3 Å². The predicted molar refractivity (Wildman–Crippen MR) is 113 cm³/mol. The summed E-state index contributed by atoms with van der Waals surface area (Å²) in [6.45, 7) is 4.15. The maximum absolute atomic E-state index is 5.98. The number of nitrogens with zero attached hydrogens (tertiary/aromatic N) is 3. The van der Waals surface area contributed by atoms with Crippen LogP contribution in [0.3, 0.4) is 0 Å². The van der Waals surface area contributed by atoms with Crippen molar-refractivity contribution in [1.82, 2.24) is 14.2 Å². The summed E-state index contributed by atoms with van der Waals surface area (Å²) in [6, 6.07) is 18.3. The summed E-state index contributed by atoms with van der Waals surface area (Å²) >= 11 is 0. The van der Waals surface area contributed by atoms with Crippen LogP contribution < -0.4 is 9.47 Å². The van der Waals surface area contributed by atoms with E-state index in [1.54, 1.807) is 0 Å². The molecular formula is C24H25N3O2. The minimum absolute atomic E-state index is 0.476. The molecule has 0 radical (unpaired) electrons. The van der Waals surface area contributed by atoms with Gasteiger partial charge < -0.3 is 14.0 Å². The molecule has 29 heavy (non-hydrogen) atoms. The van der Waals surface area contributed by atoms with Gasteiger partial charge in [0.2, 0.25) is 0 Å². The first-order chi connectivity index (χ1) is 14.3.